The van der Waals surface area contributed by atoms with Gasteiger partial charge in [0.25, 0.3) is 0 Å². The zero-order valence-electron chi connectivity index (χ0n) is 9.72. The summed E-state index contributed by atoms with van der Waals surface area (Å²) in [7, 11) is 0. The van der Waals surface area contributed by atoms with Crippen molar-refractivity contribution >= 4 is 0 Å². The molecule has 1 aliphatic rings. The lowest BCUT2D eigenvalue weighted by atomic mass is 10.1. The van der Waals surface area contributed by atoms with E-state index in [1.54, 1.807) is 6.07 Å². The van der Waals surface area contributed by atoms with Crippen molar-refractivity contribution in [3.63, 3.8) is 0 Å². The molecule has 0 aromatic heterocycles. The Kier molecular flexibility index (Phi) is 3.80. The molecule has 0 radical (unpaired) electrons. The Hall–Kier alpha value is -1.06. The molecular weight excluding hydrogens is 202 g/mol. The van der Waals surface area contributed by atoms with Gasteiger partial charge < -0.3 is 9.84 Å². The molecular formula is C13H19NO2. The zero-order valence-corrected chi connectivity index (χ0v) is 9.72. The van der Waals surface area contributed by atoms with Crippen LogP contribution in [0.2, 0.25) is 0 Å². The standard InChI is InChI=1S/C13H19NO2/c1-2-7-14-8-9-16-13(10-14)11-5-3-4-6-12(11)15/h3-6,13,15H,2,7-10H2,1H3/t13-/m0/s1. The van der Waals surface area contributed by atoms with Gasteiger partial charge in [0.2, 0.25) is 0 Å². The number of benzene rings is 1. The molecule has 0 unspecified atom stereocenters. The Bertz CT molecular complexity index is 338. The minimum absolute atomic E-state index is 0.0153. The number of aromatic hydroxyl groups is 1. The lowest BCUT2D eigenvalue weighted by molar-refractivity contribution is -0.0307. The van der Waals surface area contributed by atoms with Crippen LogP contribution in [0.15, 0.2) is 24.3 Å². The molecule has 0 spiro atoms. The first-order chi connectivity index (χ1) is 7.81. The van der Waals surface area contributed by atoms with Crippen molar-refractivity contribution in [2.75, 3.05) is 26.2 Å². The van der Waals surface area contributed by atoms with Crippen LogP contribution in [-0.2, 0) is 4.74 Å². The molecule has 1 atom stereocenters. The molecule has 3 nitrogen and oxygen atoms in total. The summed E-state index contributed by atoms with van der Waals surface area (Å²) >= 11 is 0. The largest absolute Gasteiger partial charge is 0.508 e. The predicted molar refractivity (Wildman–Crippen MR) is 63.5 cm³/mol. The Morgan fingerprint density at radius 3 is 3.00 bits per heavy atom. The van der Waals surface area contributed by atoms with Crippen LogP contribution in [0.4, 0.5) is 0 Å². The number of nitrogens with zero attached hydrogens (tertiary/aromatic N) is 1. The summed E-state index contributed by atoms with van der Waals surface area (Å²) < 4.78 is 5.72. The maximum Gasteiger partial charge on any atom is 0.121 e. The molecule has 1 saturated heterocycles. The normalized spacial score (nSPS) is 22.2. The number of phenolic OH excluding ortho intramolecular Hbond substituents is 1. The fraction of sp³-hybridized carbons (Fsp3) is 0.538. The summed E-state index contributed by atoms with van der Waals surface area (Å²) in [6, 6.07) is 7.44. The minimum atomic E-state index is 0.0153. The van der Waals surface area contributed by atoms with Gasteiger partial charge in [-0.3, -0.25) is 4.90 Å². The summed E-state index contributed by atoms with van der Waals surface area (Å²) in [6.07, 6.45) is 1.18. The van der Waals surface area contributed by atoms with Gasteiger partial charge in [0.05, 0.1) is 12.7 Å². The number of para-hydroxylation sites is 1. The van der Waals surface area contributed by atoms with Crippen LogP contribution < -0.4 is 0 Å². The number of ether oxygens (including phenoxy) is 1. The highest BCUT2D eigenvalue weighted by molar-refractivity contribution is 5.34. The Morgan fingerprint density at radius 2 is 2.25 bits per heavy atom. The highest BCUT2D eigenvalue weighted by Crippen LogP contribution is 2.28. The van der Waals surface area contributed by atoms with Crippen LogP contribution in [0.1, 0.15) is 25.0 Å². The Labute approximate surface area is 96.6 Å². The number of morpholine rings is 1. The van der Waals surface area contributed by atoms with Crippen LogP contribution in [0.5, 0.6) is 5.75 Å². The molecule has 1 aromatic carbocycles. The number of phenols is 1. The highest BCUT2D eigenvalue weighted by atomic mass is 16.5. The lowest BCUT2D eigenvalue weighted by Crippen LogP contribution is -2.38. The van der Waals surface area contributed by atoms with Gasteiger partial charge >= 0.3 is 0 Å². The summed E-state index contributed by atoms with van der Waals surface area (Å²) in [5, 5.41) is 9.78. The molecule has 0 saturated carbocycles. The molecule has 1 fully saturated rings. The van der Waals surface area contributed by atoms with Gasteiger partial charge in [-0.25, -0.2) is 0 Å². The van der Waals surface area contributed by atoms with Gasteiger partial charge in [0.1, 0.15) is 5.75 Å². The van der Waals surface area contributed by atoms with Crippen LogP contribution in [0.25, 0.3) is 0 Å². The van der Waals surface area contributed by atoms with Gasteiger partial charge in [0, 0.05) is 18.7 Å². The average Bonchev–Trinajstić information content (AvgIpc) is 2.30. The summed E-state index contributed by atoms with van der Waals surface area (Å²) in [5.41, 5.74) is 0.906. The van der Waals surface area contributed by atoms with E-state index < -0.39 is 0 Å². The van der Waals surface area contributed by atoms with E-state index in [2.05, 4.69) is 11.8 Å². The van der Waals surface area contributed by atoms with E-state index in [0.29, 0.717) is 5.75 Å². The highest BCUT2D eigenvalue weighted by Gasteiger charge is 2.23. The molecule has 88 valence electrons. The molecule has 16 heavy (non-hydrogen) atoms. The van der Waals surface area contributed by atoms with E-state index >= 15 is 0 Å². The van der Waals surface area contributed by atoms with Crippen molar-refractivity contribution in [1.29, 1.82) is 0 Å². The molecule has 0 amide bonds. The topological polar surface area (TPSA) is 32.7 Å². The number of rotatable bonds is 3. The molecule has 3 heteroatoms. The van der Waals surface area contributed by atoms with Gasteiger partial charge in [-0.15, -0.1) is 0 Å². The summed E-state index contributed by atoms with van der Waals surface area (Å²) in [6.45, 7) is 5.92. The van der Waals surface area contributed by atoms with Crippen molar-refractivity contribution in [3.05, 3.63) is 29.8 Å². The smallest absolute Gasteiger partial charge is 0.121 e. The third-order valence-corrected chi connectivity index (χ3v) is 2.97. The Balaban J connectivity index is 2.07. The summed E-state index contributed by atoms with van der Waals surface area (Å²) in [5.74, 6) is 0.339. The lowest BCUT2D eigenvalue weighted by Gasteiger charge is -2.33. The molecule has 1 heterocycles. The summed E-state index contributed by atoms with van der Waals surface area (Å²) in [4.78, 5) is 2.39. The van der Waals surface area contributed by atoms with E-state index in [0.717, 1.165) is 38.2 Å². The van der Waals surface area contributed by atoms with Crippen molar-refractivity contribution in [2.24, 2.45) is 0 Å². The molecule has 0 bridgehead atoms. The quantitative estimate of drug-likeness (QED) is 0.849. The SMILES string of the molecule is CCCN1CCO[C@H](c2ccccc2O)C1. The maximum atomic E-state index is 9.78. The first-order valence-electron chi connectivity index (χ1n) is 5.93. The first-order valence-corrected chi connectivity index (χ1v) is 5.93. The first kappa shape index (κ1) is 11.4. The van der Waals surface area contributed by atoms with Crippen molar-refractivity contribution in [3.8, 4) is 5.75 Å². The fourth-order valence-electron chi connectivity index (χ4n) is 2.17. The number of hydrogen-bond acceptors (Lipinski definition) is 3. The fourth-order valence-corrected chi connectivity index (χ4v) is 2.17. The third-order valence-electron chi connectivity index (χ3n) is 2.97. The van der Waals surface area contributed by atoms with E-state index in [1.807, 2.05) is 18.2 Å². The van der Waals surface area contributed by atoms with E-state index in [9.17, 15) is 5.11 Å². The van der Waals surface area contributed by atoms with Gasteiger partial charge in [-0.05, 0) is 19.0 Å². The molecule has 1 aromatic rings. The van der Waals surface area contributed by atoms with E-state index in [4.69, 9.17) is 4.74 Å². The van der Waals surface area contributed by atoms with Crippen molar-refractivity contribution < 1.29 is 9.84 Å². The second-order valence-corrected chi connectivity index (χ2v) is 4.22. The molecule has 0 aliphatic carbocycles. The zero-order chi connectivity index (χ0) is 11.4. The molecule has 1 aliphatic heterocycles. The minimum Gasteiger partial charge on any atom is -0.508 e. The number of hydrogen-bond donors (Lipinski definition) is 1. The predicted octanol–water partition coefficient (Wildman–Crippen LogP) is 2.18. The second-order valence-electron chi connectivity index (χ2n) is 4.22. The van der Waals surface area contributed by atoms with Gasteiger partial charge in [-0.1, -0.05) is 25.1 Å². The van der Waals surface area contributed by atoms with E-state index in [-0.39, 0.29) is 6.10 Å². The molecule has 1 N–H and O–H groups in total. The third kappa shape index (κ3) is 2.54. The van der Waals surface area contributed by atoms with Crippen molar-refractivity contribution in [2.45, 2.75) is 19.4 Å². The van der Waals surface area contributed by atoms with Gasteiger partial charge in [-0.2, -0.15) is 0 Å². The monoisotopic (exact) mass is 221 g/mol. The van der Waals surface area contributed by atoms with E-state index in [1.165, 1.54) is 0 Å². The van der Waals surface area contributed by atoms with Gasteiger partial charge in [0.15, 0.2) is 0 Å². The van der Waals surface area contributed by atoms with Crippen LogP contribution in [0, 0.1) is 0 Å². The van der Waals surface area contributed by atoms with Crippen LogP contribution in [-0.4, -0.2) is 36.2 Å². The average molecular weight is 221 g/mol. The Morgan fingerprint density at radius 1 is 1.44 bits per heavy atom. The van der Waals surface area contributed by atoms with Crippen LogP contribution in [0.3, 0.4) is 0 Å². The van der Waals surface area contributed by atoms with Crippen molar-refractivity contribution in [1.82, 2.24) is 4.90 Å². The molecule has 2 rings (SSSR count). The van der Waals surface area contributed by atoms with Crippen LogP contribution >= 0.6 is 0 Å². The maximum absolute atomic E-state index is 9.78. The second kappa shape index (κ2) is 5.32.